The molecule has 1 aliphatic rings. The van der Waals surface area contributed by atoms with Crippen molar-refractivity contribution < 1.29 is 23.2 Å². The molecule has 1 N–H and O–H groups in total. The lowest BCUT2D eigenvalue weighted by molar-refractivity contribution is -0.384. The highest BCUT2D eigenvalue weighted by atomic mass is 19.4. The largest absolute Gasteiger partial charge is 0.435 e. The van der Waals surface area contributed by atoms with E-state index in [9.17, 15) is 28.4 Å². The summed E-state index contributed by atoms with van der Waals surface area (Å²) in [6.07, 6.45) is -1.93. The smallest absolute Gasteiger partial charge is 0.392 e. The molecule has 140 valence electrons. The fraction of sp³-hybridized carbons (Fsp3) is 0.438. The summed E-state index contributed by atoms with van der Waals surface area (Å²) in [7, 11) is 0. The van der Waals surface area contributed by atoms with Crippen LogP contribution in [0.5, 0.6) is 0 Å². The van der Waals surface area contributed by atoms with Crippen LogP contribution in [0.25, 0.3) is 0 Å². The molecule has 1 aromatic carbocycles. The molecular formula is C16H17F3N4O3. The van der Waals surface area contributed by atoms with Gasteiger partial charge in [-0.2, -0.15) is 18.3 Å². The van der Waals surface area contributed by atoms with Crippen LogP contribution in [0, 0.1) is 10.1 Å². The molecule has 0 spiro atoms. The molecule has 1 aromatic heterocycles. The molecule has 0 bridgehead atoms. The van der Waals surface area contributed by atoms with Crippen LogP contribution in [0.15, 0.2) is 30.5 Å². The Bertz CT molecular complexity index is 806. The highest BCUT2D eigenvalue weighted by Crippen LogP contribution is 2.34. The Labute approximate surface area is 146 Å². The third-order valence-corrected chi connectivity index (χ3v) is 4.43. The molecule has 26 heavy (non-hydrogen) atoms. The number of benzene rings is 1. The van der Waals surface area contributed by atoms with Gasteiger partial charge in [0.15, 0.2) is 5.69 Å². The van der Waals surface area contributed by atoms with E-state index in [0.717, 1.165) is 6.07 Å². The van der Waals surface area contributed by atoms with Gasteiger partial charge in [-0.15, -0.1) is 0 Å². The van der Waals surface area contributed by atoms with Crippen LogP contribution in [-0.2, 0) is 12.8 Å². The molecule has 2 heterocycles. The Morgan fingerprint density at radius 3 is 2.73 bits per heavy atom. The predicted molar refractivity (Wildman–Crippen MR) is 86.7 cm³/mol. The van der Waals surface area contributed by atoms with Crippen molar-refractivity contribution in [3.05, 3.63) is 51.8 Å². The van der Waals surface area contributed by atoms with Crippen LogP contribution in [0.4, 0.5) is 24.5 Å². The van der Waals surface area contributed by atoms with Gasteiger partial charge in [0.05, 0.1) is 17.6 Å². The van der Waals surface area contributed by atoms with E-state index in [-0.39, 0.29) is 18.3 Å². The second-order valence-electron chi connectivity index (χ2n) is 6.16. The number of aromatic nitrogens is 2. The van der Waals surface area contributed by atoms with E-state index in [1.54, 1.807) is 11.0 Å². The number of alkyl halides is 3. The number of rotatable bonds is 4. The number of hydrogen-bond acceptors (Lipinski definition) is 5. The van der Waals surface area contributed by atoms with Crippen molar-refractivity contribution in [2.75, 3.05) is 18.0 Å². The number of hydrogen-bond donors (Lipinski definition) is 1. The number of aliphatic hydroxyl groups excluding tert-OH is 1. The highest BCUT2D eigenvalue weighted by molar-refractivity contribution is 5.64. The standard InChI is InChI=1S/C16H17F3N4O3/c17-16(18,19)15-5-7-22(20-15)12-2-1-6-21(9-12)14-8-11(10-24)3-4-13(14)23(25)26/h3-5,7-8,12,24H,1-2,6,9-10H2. The van der Waals surface area contributed by atoms with E-state index in [0.29, 0.717) is 37.2 Å². The molecule has 1 fully saturated rings. The van der Waals surface area contributed by atoms with Gasteiger partial charge < -0.3 is 10.0 Å². The predicted octanol–water partition coefficient (Wildman–Crippen LogP) is 3.14. The summed E-state index contributed by atoms with van der Waals surface area (Å²) >= 11 is 0. The molecule has 0 amide bonds. The fourth-order valence-corrected chi connectivity index (χ4v) is 3.16. The lowest BCUT2D eigenvalue weighted by atomic mass is 10.0. The topological polar surface area (TPSA) is 84.4 Å². The minimum atomic E-state index is -4.51. The second-order valence-corrected chi connectivity index (χ2v) is 6.16. The second kappa shape index (κ2) is 6.94. The Balaban J connectivity index is 1.87. The zero-order valence-corrected chi connectivity index (χ0v) is 13.7. The number of nitrogens with zero attached hydrogens (tertiary/aromatic N) is 4. The minimum Gasteiger partial charge on any atom is -0.392 e. The monoisotopic (exact) mass is 370 g/mol. The first-order chi connectivity index (χ1) is 12.3. The third-order valence-electron chi connectivity index (χ3n) is 4.43. The van der Waals surface area contributed by atoms with E-state index in [4.69, 9.17) is 0 Å². The maximum atomic E-state index is 12.8. The number of nitro benzene ring substituents is 1. The SMILES string of the molecule is O=[N+]([O-])c1ccc(CO)cc1N1CCCC(n2ccc(C(F)(F)F)n2)C1. The number of halogens is 3. The van der Waals surface area contributed by atoms with Gasteiger partial charge in [0.25, 0.3) is 5.69 Å². The van der Waals surface area contributed by atoms with Gasteiger partial charge in [-0.3, -0.25) is 14.8 Å². The average Bonchev–Trinajstić information content (AvgIpc) is 3.12. The van der Waals surface area contributed by atoms with Gasteiger partial charge in [0.1, 0.15) is 5.69 Å². The number of piperidine rings is 1. The molecule has 1 aliphatic heterocycles. The average molecular weight is 370 g/mol. The van der Waals surface area contributed by atoms with Crippen molar-refractivity contribution >= 4 is 11.4 Å². The van der Waals surface area contributed by atoms with Gasteiger partial charge in [-0.1, -0.05) is 0 Å². The molecule has 0 saturated carbocycles. The Kier molecular flexibility index (Phi) is 4.86. The molecule has 0 radical (unpaired) electrons. The normalized spacial score (nSPS) is 18.2. The first-order valence-electron chi connectivity index (χ1n) is 8.05. The highest BCUT2D eigenvalue weighted by Gasteiger charge is 2.35. The van der Waals surface area contributed by atoms with Crippen molar-refractivity contribution in [1.82, 2.24) is 9.78 Å². The van der Waals surface area contributed by atoms with Crippen LogP contribution >= 0.6 is 0 Å². The first kappa shape index (κ1) is 18.2. The van der Waals surface area contributed by atoms with Crippen molar-refractivity contribution in [1.29, 1.82) is 0 Å². The van der Waals surface area contributed by atoms with E-state index >= 15 is 0 Å². The fourth-order valence-electron chi connectivity index (χ4n) is 3.16. The van der Waals surface area contributed by atoms with Crippen LogP contribution in [0.3, 0.4) is 0 Å². The number of anilines is 1. The maximum absolute atomic E-state index is 12.8. The summed E-state index contributed by atoms with van der Waals surface area (Å²) in [4.78, 5) is 12.6. The Morgan fingerprint density at radius 2 is 2.12 bits per heavy atom. The van der Waals surface area contributed by atoms with E-state index in [1.165, 1.54) is 23.0 Å². The molecule has 3 rings (SSSR count). The summed E-state index contributed by atoms with van der Waals surface area (Å²) in [5, 5.41) is 24.2. The summed E-state index contributed by atoms with van der Waals surface area (Å²) in [6.45, 7) is 0.588. The lowest BCUT2D eigenvalue weighted by Crippen LogP contribution is -2.37. The number of nitro groups is 1. The van der Waals surface area contributed by atoms with Crippen molar-refractivity contribution in [3.8, 4) is 0 Å². The molecule has 7 nitrogen and oxygen atoms in total. The Hall–Kier alpha value is -2.62. The van der Waals surface area contributed by atoms with Crippen LogP contribution in [-0.4, -0.2) is 32.9 Å². The molecular weight excluding hydrogens is 353 g/mol. The molecule has 1 atom stereocenters. The van der Waals surface area contributed by atoms with Crippen LogP contribution < -0.4 is 4.90 Å². The van der Waals surface area contributed by atoms with Gasteiger partial charge in [-0.05, 0) is 36.6 Å². The zero-order chi connectivity index (χ0) is 18.9. The van der Waals surface area contributed by atoms with Gasteiger partial charge in [0, 0.05) is 25.4 Å². The molecule has 10 heteroatoms. The van der Waals surface area contributed by atoms with Crippen molar-refractivity contribution in [2.45, 2.75) is 31.7 Å². The first-order valence-corrected chi connectivity index (χ1v) is 8.05. The van der Waals surface area contributed by atoms with Gasteiger partial charge >= 0.3 is 6.18 Å². The zero-order valence-electron chi connectivity index (χ0n) is 13.7. The van der Waals surface area contributed by atoms with Crippen LogP contribution in [0.2, 0.25) is 0 Å². The number of aliphatic hydroxyl groups is 1. The van der Waals surface area contributed by atoms with E-state index < -0.39 is 16.8 Å². The summed E-state index contributed by atoms with van der Waals surface area (Å²) in [5.74, 6) is 0. The quantitative estimate of drug-likeness (QED) is 0.660. The summed E-state index contributed by atoms with van der Waals surface area (Å²) in [5.41, 5.74) is -0.164. The maximum Gasteiger partial charge on any atom is 0.435 e. The van der Waals surface area contributed by atoms with Crippen LogP contribution in [0.1, 0.15) is 30.1 Å². The van der Waals surface area contributed by atoms with Crippen molar-refractivity contribution in [2.24, 2.45) is 0 Å². The molecule has 0 aliphatic carbocycles. The molecule has 2 aromatic rings. The Morgan fingerprint density at radius 1 is 1.35 bits per heavy atom. The summed E-state index contributed by atoms with van der Waals surface area (Å²) in [6, 6.07) is 4.96. The lowest BCUT2D eigenvalue weighted by Gasteiger charge is -2.34. The summed E-state index contributed by atoms with van der Waals surface area (Å²) < 4.78 is 39.5. The van der Waals surface area contributed by atoms with Crippen molar-refractivity contribution in [3.63, 3.8) is 0 Å². The van der Waals surface area contributed by atoms with E-state index in [2.05, 4.69) is 5.10 Å². The van der Waals surface area contributed by atoms with Gasteiger partial charge in [-0.25, -0.2) is 0 Å². The third kappa shape index (κ3) is 3.64. The van der Waals surface area contributed by atoms with Gasteiger partial charge in [0.2, 0.25) is 0 Å². The van der Waals surface area contributed by atoms with E-state index in [1.807, 2.05) is 0 Å². The molecule has 1 unspecified atom stereocenters. The minimum absolute atomic E-state index is 0.0979. The molecule has 1 saturated heterocycles.